The van der Waals surface area contributed by atoms with E-state index in [9.17, 15) is 4.79 Å². The van der Waals surface area contributed by atoms with Crippen molar-refractivity contribution in [1.82, 2.24) is 5.32 Å². The molecule has 0 spiro atoms. The van der Waals surface area contributed by atoms with Crippen LogP contribution in [0.4, 0.5) is 0 Å². The molecule has 92 valence electrons. The lowest BCUT2D eigenvalue weighted by atomic mass is 9.63. The van der Waals surface area contributed by atoms with E-state index in [0.29, 0.717) is 0 Å². The largest absolute Gasteiger partial charge is 0.349 e. The van der Waals surface area contributed by atoms with Crippen molar-refractivity contribution >= 4 is 5.91 Å². The van der Waals surface area contributed by atoms with Crippen LogP contribution in [0.25, 0.3) is 0 Å². The van der Waals surface area contributed by atoms with Gasteiger partial charge in [0.2, 0.25) is 0 Å². The van der Waals surface area contributed by atoms with Crippen molar-refractivity contribution in [3.63, 3.8) is 0 Å². The van der Waals surface area contributed by atoms with Crippen molar-refractivity contribution in [2.45, 2.75) is 39.3 Å². The highest BCUT2D eigenvalue weighted by atomic mass is 16.1. The fraction of sp³-hybridized carbons (Fsp3) is 0.500. The third kappa shape index (κ3) is 2.20. The maximum Gasteiger partial charge on any atom is 0.251 e. The number of carbonyl (C=O) groups excluding carboxylic acids is 1. The molecule has 0 saturated heterocycles. The quantitative estimate of drug-likeness (QED) is 0.817. The van der Waals surface area contributed by atoms with Gasteiger partial charge in [-0.2, -0.15) is 0 Å². The van der Waals surface area contributed by atoms with Crippen LogP contribution in [0.3, 0.4) is 0 Å². The van der Waals surface area contributed by atoms with Crippen LogP contribution in [0.1, 0.15) is 36.2 Å². The Morgan fingerprint density at radius 1 is 1.47 bits per heavy atom. The van der Waals surface area contributed by atoms with Gasteiger partial charge in [0.1, 0.15) is 0 Å². The molecule has 1 aliphatic carbocycles. The smallest absolute Gasteiger partial charge is 0.251 e. The van der Waals surface area contributed by atoms with Crippen LogP contribution in [-0.4, -0.2) is 18.0 Å². The van der Waals surface area contributed by atoms with Crippen molar-refractivity contribution in [2.75, 3.05) is 0 Å². The Kier molecular flexibility index (Phi) is 2.96. The Balaban J connectivity index is 2.04. The topological polar surface area (TPSA) is 55.1 Å². The molecule has 3 nitrogen and oxygen atoms in total. The summed E-state index contributed by atoms with van der Waals surface area (Å²) in [7, 11) is 0. The Hall–Kier alpha value is -1.35. The lowest BCUT2D eigenvalue weighted by Crippen LogP contribution is -2.64. The zero-order valence-corrected chi connectivity index (χ0v) is 10.7. The molecule has 1 aromatic carbocycles. The molecule has 2 rings (SSSR count). The summed E-state index contributed by atoms with van der Waals surface area (Å²) in [6.45, 7) is 6.19. The van der Waals surface area contributed by atoms with Crippen LogP contribution in [0, 0.1) is 12.3 Å². The van der Waals surface area contributed by atoms with Gasteiger partial charge in [-0.25, -0.2) is 0 Å². The van der Waals surface area contributed by atoms with Gasteiger partial charge in [-0.1, -0.05) is 31.5 Å². The average molecular weight is 232 g/mol. The van der Waals surface area contributed by atoms with Crippen molar-refractivity contribution < 1.29 is 4.79 Å². The molecule has 2 atom stereocenters. The Labute approximate surface area is 102 Å². The van der Waals surface area contributed by atoms with E-state index >= 15 is 0 Å². The minimum absolute atomic E-state index is 0.000511. The molecule has 0 aliphatic heterocycles. The van der Waals surface area contributed by atoms with Gasteiger partial charge in [0.25, 0.3) is 5.91 Å². The van der Waals surface area contributed by atoms with Gasteiger partial charge in [-0.3, -0.25) is 4.79 Å². The van der Waals surface area contributed by atoms with E-state index in [2.05, 4.69) is 19.2 Å². The standard InChI is InChI=1S/C14H20N2O/c1-9-5-4-6-10(7-9)13(17)16-12-8-11(15)14(12,2)3/h4-7,11-12H,8,15H2,1-3H3,(H,16,17). The van der Waals surface area contributed by atoms with Gasteiger partial charge in [0.05, 0.1) is 0 Å². The number of amides is 1. The van der Waals surface area contributed by atoms with Gasteiger partial charge >= 0.3 is 0 Å². The van der Waals surface area contributed by atoms with E-state index in [1.807, 2.05) is 31.2 Å². The molecule has 2 unspecified atom stereocenters. The molecule has 1 fully saturated rings. The van der Waals surface area contributed by atoms with E-state index in [0.717, 1.165) is 17.5 Å². The van der Waals surface area contributed by atoms with Crippen molar-refractivity contribution in [3.05, 3.63) is 35.4 Å². The summed E-state index contributed by atoms with van der Waals surface area (Å²) in [4.78, 5) is 12.0. The number of aryl methyl sites for hydroxylation is 1. The second-order valence-corrected chi connectivity index (χ2v) is 5.56. The van der Waals surface area contributed by atoms with Crippen LogP contribution in [-0.2, 0) is 0 Å². The third-order valence-corrected chi connectivity index (χ3v) is 3.93. The van der Waals surface area contributed by atoms with Crippen LogP contribution in [0.2, 0.25) is 0 Å². The van der Waals surface area contributed by atoms with Crippen LogP contribution >= 0.6 is 0 Å². The summed E-state index contributed by atoms with van der Waals surface area (Å²) < 4.78 is 0. The first-order chi connectivity index (χ1) is 7.91. The van der Waals surface area contributed by atoms with Gasteiger partial charge in [-0.05, 0) is 25.5 Å². The fourth-order valence-electron chi connectivity index (χ4n) is 2.23. The summed E-state index contributed by atoms with van der Waals surface area (Å²) in [6.07, 6.45) is 0.866. The second-order valence-electron chi connectivity index (χ2n) is 5.56. The highest BCUT2D eigenvalue weighted by Gasteiger charge is 2.46. The third-order valence-electron chi connectivity index (χ3n) is 3.93. The zero-order valence-electron chi connectivity index (χ0n) is 10.7. The van der Waals surface area contributed by atoms with Gasteiger partial charge in [-0.15, -0.1) is 0 Å². The lowest BCUT2D eigenvalue weighted by Gasteiger charge is -2.50. The Morgan fingerprint density at radius 2 is 2.18 bits per heavy atom. The van der Waals surface area contributed by atoms with Gasteiger partial charge in [0, 0.05) is 23.1 Å². The molecule has 0 radical (unpaired) electrons. The first-order valence-electron chi connectivity index (χ1n) is 6.04. The molecule has 0 bridgehead atoms. The normalized spacial score (nSPS) is 26.1. The maximum absolute atomic E-state index is 12.0. The van der Waals surface area contributed by atoms with Crippen LogP contribution in [0.5, 0.6) is 0 Å². The van der Waals surface area contributed by atoms with E-state index in [1.54, 1.807) is 0 Å². The molecule has 0 aromatic heterocycles. The minimum Gasteiger partial charge on any atom is -0.349 e. The molecule has 0 heterocycles. The molecule has 1 amide bonds. The van der Waals surface area contributed by atoms with Gasteiger partial charge in [0.15, 0.2) is 0 Å². The zero-order chi connectivity index (χ0) is 12.6. The summed E-state index contributed by atoms with van der Waals surface area (Å²) in [5.74, 6) is -0.00123. The first-order valence-corrected chi connectivity index (χ1v) is 6.04. The SMILES string of the molecule is Cc1cccc(C(=O)NC2CC(N)C2(C)C)c1. The molecular weight excluding hydrogens is 212 g/mol. The van der Waals surface area contributed by atoms with E-state index in [4.69, 9.17) is 5.73 Å². The molecule has 3 heteroatoms. The number of nitrogens with two attached hydrogens (primary N) is 1. The highest BCUT2D eigenvalue weighted by Crippen LogP contribution is 2.39. The molecule has 17 heavy (non-hydrogen) atoms. The second kappa shape index (κ2) is 4.15. The van der Waals surface area contributed by atoms with Crippen LogP contribution < -0.4 is 11.1 Å². The molecule has 1 aromatic rings. The van der Waals surface area contributed by atoms with E-state index < -0.39 is 0 Å². The van der Waals surface area contributed by atoms with Gasteiger partial charge < -0.3 is 11.1 Å². The number of hydrogen-bond acceptors (Lipinski definition) is 2. The number of carbonyl (C=O) groups is 1. The maximum atomic E-state index is 12.0. The van der Waals surface area contributed by atoms with Crippen molar-refractivity contribution in [1.29, 1.82) is 0 Å². The Morgan fingerprint density at radius 3 is 2.71 bits per heavy atom. The minimum atomic E-state index is -0.00123. The summed E-state index contributed by atoms with van der Waals surface area (Å²) >= 11 is 0. The monoisotopic (exact) mass is 232 g/mol. The number of rotatable bonds is 2. The lowest BCUT2D eigenvalue weighted by molar-refractivity contribution is 0.0586. The summed E-state index contributed by atoms with van der Waals surface area (Å²) in [5.41, 5.74) is 7.76. The fourth-order valence-corrected chi connectivity index (χ4v) is 2.23. The number of nitrogens with one attached hydrogen (secondary N) is 1. The van der Waals surface area contributed by atoms with E-state index in [1.165, 1.54) is 0 Å². The first kappa shape index (κ1) is 12.1. The molecule has 3 N–H and O–H groups in total. The summed E-state index contributed by atoms with van der Waals surface area (Å²) in [5, 5.41) is 3.06. The summed E-state index contributed by atoms with van der Waals surface area (Å²) in [6, 6.07) is 8.01. The van der Waals surface area contributed by atoms with E-state index in [-0.39, 0.29) is 23.4 Å². The molecular formula is C14H20N2O. The molecule has 1 saturated carbocycles. The average Bonchev–Trinajstić information content (AvgIpc) is 2.28. The van der Waals surface area contributed by atoms with Crippen molar-refractivity contribution in [3.8, 4) is 0 Å². The number of benzene rings is 1. The predicted octanol–water partition coefficient (Wildman–Crippen LogP) is 1.85. The van der Waals surface area contributed by atoms with Crippen molar-refractivity contribution in [2.24, 2.45) is 11.1 Å². The van der Waals surface area contributed by atoms with Crippen LogP contribution in [0.15, 0.2) is 24.3 Å². The Bertz CT molecular complexity index is 440. The number of hydrogen-bond donors (Lipinski definition) is 2. The molecule has 1 aliphatic rings. The highest BCUT2D eigenvalue weighted by molar-refractivity contribution is 5.94. The predicted molar refractivity (Wildman–Crippen MR) is 68.8 cm³/mol.